The van der Waals surface area contributed by atoms with Gasteiger partial charge in [0.2, 0.25) is 0 Å². The molecular formula is C15H18N2O2S. The van der Waals surface area contributed by atoms with Gasteiger partial charge in [-0.1, -0.05) is 6.92 Å². The van der Waals surface area contributed by atoms with Gasteiger partial charge in [-0.3, -0.25) is 4.79 Å². The quantitative estimate of drug-likeness (QED) is 0.849. The molecule has 1 amide bonds. The summed E-state index contributed by atoms with van der Waals surface area (Å²) in [6.45, 7) is 5.87. The number of carbonyl (C=O) groups excluding carboxylic acids is 1. The van der Waals surface area contributed by atoms with Gasteiger partial charge in [0.15, 0.2) is 10.8 Å². The molecule has 0 N–H and O–H groups in total. The fourth-order valence-electron chi connectivity index (χ4n) is 2.46. The average Bonchev–Trinajstić information content (AvgIpc) is 3.08. The lowest BCUT2D eigenvalue weighted by Crippen LogP contribution is -2.38. The number of aryl methyl sites for hydroxylation is 1. The van der Waals surface area contributed by atoms with Crippen LogP contribution in [0.1, 0.15) is 35.1 Å². The SMILES string of the molecule is Cc1sc(-c2ccco2)nc1C(=O)N1CCC(C)CC1. The van der Waals surface area contributed by atoms with Crippen LogP contribution in [0, 0.1) is 12.8 Å². The molecule has 0 aliphatic carbocycles. The minimum atomic E-state index is 0.0588. The predicted octanol–water partition coefficient (Wildman–Crippen LogP) is 3.58. The molecule has 0 radical (unpaired) electrons. The summed E-state index contributed by atoms with van der Waals surface area (Å²) in [4.78, 5) is 19.9. The molecule has 3 rings (SSSR count). The molecule has 20 heavy (non-hydrogen) atoms. The minimum Gasteiger partial charge on any atom is -0.462 e. The Labute approximate surface area is 122 Å². The maximum atomic E-state index is 12.5. The third kappa shape index (κ3) is 2.50. The van der Waals surface area contributed by atoms with E-state index in [0.29, 0.717) is 11.6 Å². The maximum absolute atomic E-state index is 12.5. The van der Waals surface area contributed by atoms with Gasteiger partial charge in [-0.25, -0.2) is 4.98 Å². The Morgan fingerprint density at radius 3 is 2.85 bits per heavy atom. The van der Waals surface area contributed by atoms with Crippen molar-refractivity contribution in [1.82, 2.24) is 9.88 Å². The molecule has 106 valence electrons. The van der Waals surface area contributed by atoms with E-state index in [1.54, 1.807) is 6.26 Å². The molecule has 1 saturated heterocycles. The van der Waals surface area contributed by atoms with E-state index >= 15 is 0 Å². The van der Waals surface area contributed by atoms with Crippen molar-refractivity contribution in [3.63, 3.8) is 0 Å². The summed E-state index contributed by atoms with van der Waals surface area (Å²) in [5, 5.41) is 0.779. The van der Waals surface area contributed by atoms with Crippen LogP contribution in [-0.4, -0.2) is 28.9 Å². The van der Waals surface area contributed by atoms with Crippen molar-refractivity contribution >= 4 is 17.2 Å². The van der Waals surface area contributed by atoms with Gasteiger partial charge in [0.25, 0.3) is 5.91 Å². The van der Waals surface area contributed by atoms with Crippen LogP contribution in [-0.2, 0) is 0 Å². The molecule has 0 saturated carbocycles. The van der Waals surface area contributed by atoms with Crippen LogP contribution in [0.4, 0.5) is 0 Å². The highest BCUT2D eigenvalue weighted by Gasteiger charge is 2.25. The Balaban J connectivity index is 1.81. The second kappa shape index (κ2) is 5.40. The second-order valence-corrected chi connectivity index (χ2v) is 6.58. The van der Waals surface area contributed by atoms with Crippen molar-refractivity contribution in [2.75, 3.05) is 13.1 Å². The van der Waals surface area contributed by atoms with Crippen LogP contribution in [0.2, 0.25) is 0 Å². The predicted molar refractivity (Wildman–Crippen MR) is 78.9 cm³/mol. The van der Waals surface area contributed by atoms with Crippen LogP contribution in [0.5, 0.6) is 0 Å². The van der Waals surface area contributed by atoms with E-state index in [-0.39, 0.29) is 5.91 Å². The average molecular weight is 290 g/mol. The Morgan fingerprint density at radius 2 is 2.20 bits per heavy atom. The van der Waals surface area contributed by atoms with E-state index in [1.807, 2.05) is 24.0 Å². The van der Waals surface area contributed by atoms with Gasteiger partial charge in [-0.05, 0) is 37.8 Å². The highest BCUT2D eigenvalue weighted by atomic mass is 32.1. The van der Waals surface area contributed by atoms with Gasteiger partial charge in [0.05, 0.1) is 6.26 Å². The summed E-state index contributed by atoms with van der Waals surface area (Å²) in [6, 6.07) is 3.70. The van der Waals surface area contributed by atoms with Crippen molar-refractivity contribution < 1.29 is 9.21 Å². The van der Waals surface area contributed by atoms with E-state index in [0.717, 1.165) is 41.6 Å². The van der Waals surface area contributed by atoms with Crippen LogP contribution in [0.25, 0.3) is 10.8 Å². The van der Waals surface area contributed by atoms with Crippen molar-refractivity contribution in [2.24, 2.45) is 5.92 Å². The maximum Gasteiger partial charge on any atom is 0.273 e. The summed E-state index contributed by atoms with van der Waals surface area (Å²) < 4.78 is 5.35. The van der Waals surface area contributed by atoms with Gasteiger partial charge < -0.3 is 9.32 Å². The highest BCUT2D eigenvalue weighted by molar-refractivity contribution is 7.15. The molecule has 1 fully saturated rings. The molecule has 0 aromatic carbocycles. The molecule has 3 heterocycles. The Bertz CT molecular complexity index is 595. The Morgan fingerprint density at radius 1 is 1.45 bits per heavy atom. The van der Waals surface area contributed by atoms with Crippen LogP contribution in [0.3, 0.4) is 0 Å². The van der Waals surface area contributed by atoms with Crippen molar-refractivity contribution in [1.29, 1.82) is 0 Å². The zero-order valence-electron chi connectivity index (χ0n) is 11.8. The number of likely N-dealkylation sites (tertiary alicyclic amines) is 1. The van der Waals surface area contributed by atoms with Gasteiger partial charge >= 0.3 is 0 Å². The van der Waals surface area contributed by atoms with E-state index < -0.39 is 0 Å². The van der Waals surface area contributed by atoms with E-state index in [1.165, 1.54) is 11.3 Å². The zero-order valence-corrected chi connectivity index (χ0v) is 12.6. The molecule has 0 atom stereocenters. The summed E-state index contributed by atoms with van der Waals surface area (Å²) in [6.07, 6.45) is 3.79. The molecule has 4 nitrogen and oxygen atoms in total. The zero-order chi connectivity index (χ0) is 14.1. The third-order valence-corrected chi connectivity index (χ3v) is 4.79. The van der Waals surface area contributed by atoms with Crippen molar-refractivity contribution in [3.05, 3.63) is 29.0 Å². The first kappa shape index (κ1) is 13.4. The van der Waals surface area contributed by atoms with Gasteiger partial charge in [-0.15, -0.1) is 11.3 Å². The molecular weight excluding hydrogens is 272 g/mol. The molecule has 2 aromatic heterocycles. The number of nitrogens with zero attached hydrogens (tertiary/aromatic N) is 2. The lowest BCUT2D eigenvalue weighted by atomic mass is 9.99. The van der Waals surface area contributed by atoms with Gasteiger partial charge in [-0.2, -0.15) is 0 Å². The number of hydrogen-bond acceptors (Lipinski definition) is 4. The molecule has 0 unspecified atom stereocenters. The number of aromatic nitrogens is 1. The third-order valence-electron chi connectivity index (χ3n) is 3.80. The standard InChI is InChI=1S/C15H18N2O2S/c1-10-5-7-17(8-6-10)15(18)13-11(2)20-14(16-13)12-4-3-9-19-12/h3-4,9-10H,5-8H2,1-2H3. The Kier molecular flexibility index (Phi) is 3.61. The lowest BCUT2D eigenvalue weighted by Gasteiger charge is -2.29. The number of hydrogen-bond donors (Lipinski definition) is 0. The summed E-state index contributed by atoms with van der Waals surface area (Å²) in [5.41, 5.74) is 0.580. The normalized spacial score (nSPS) is 16.6. The number of amides is 1. The smallest absolute Gasteiger partial charge is 0.273 e. The van der Waals surface area contributed by atoms with Crippen LogP contribution in [0.15, 0.2) is 22.8 Å². The molecule has 0 bridgehead atoms. The van der Waals surface area contributed by atoms with E-state index in [9.17, 15) is 4.79 Å². The number of piperidine rings is 1. The second-order valence-electron chi connectivity index (χ2n) is 5.38. The van der Waals surface area contributed by atoms with Crippen LogP contribution >= 0.6 is 11.3 Å². The fraction of sp³-hybridized carbons (Fsp3) is 0.467. The Hall–Kier alpha value is -1.62. The summed E-state index contributed by atoms with van der Waals surface area (Å²) >= 11 is 1.51. The molecule has 5 heteroatoms. The highest BCUT2D eigenvalue weighted by Crippen LogP contribution is 2.29. The fourth-order valence-corrected chi connectivity index (χ4v) is 3.34. The van der Waals surface area contributed by atoms with Gasteiger partial charge in [0.1, 0.15) is 5.69 Å². The van der Waals surface area contributed by atoms with Gasteiger partial charge in [0, 0.05) is 18.0 Å². The first-order valence-electron chi connectivity index (χ1n) is 6.95. The number of furan rings is 1. The molecule has 0 spiro atoms. The number of carbonyl (C=O) groups is 1. The summed E-state index contributed by atoms with van der Waals surface area (Å²) in [7, 11) is 0. The summed E-state index contributed by atoms with van der Waals surface area (Å²) in [5.74, 6) is 1.50. The van der Waals surface area contributed by atoms with E-state index in [4.69, 9.17) is 4.42 Å². The molecule has 1 aliphatic heterocycles. The topological polar surface area (TPSA) is 46.3 Å². The number of rotatable bonds is 2. The largest absolute Gasteiger partial charge is 0.462 e. The first-order valence-corrected chi connectivity index (χ1v) is 7.77. The van der Waals surface area contributed by atoms with E-state index in [2.05, 4.69) is 11.9 Å². The first-order chi connectivity index (χ1) is 9.65. The monoisotopic (exact) mass is 290 g/mol. The molecule has 1 aliphatic rings. The van der Waals surface area contributed by atoms with Crippen LogP contribution < -0.4 is 0 Å². The number of thiazole rings is 1. The van der Waals surface area contributed by atoms with Crippen molar-refractivity contribution in [2.45, 2.75) is 26.7 Å². The lowest BCUT2D eigenvalue weighted by molar-refractivity contribution is 0.0691. The minimum absolute atomic E-state index is 0.0588. The molecule has 2 aromatic rings. The van der Waals surface area contributed by atoms with Crippen molar-refractivity contribution in [3.8, 4) is 10.8 Å².